The van der Waals surface area contributed by atoms with Crippen molar-refractivity contribution in [1.29, 1.82) is 0 Å². The van der Waals surface area contributed by atoms with Gasteiger partial charge in [-0.1, -0.05) is 12.1 Å². The molecule has 2 aromatic rings. The van der Waals surface area contributed by atoms with Crippen molar-refractivity contribution in [2.45, 2.75) is 30.6 Å². The summed E-state index contributed by atoms with van der Waals surface area (Å²) >= 11 is 0. The Kier molecular flexibility index (Phi) is 3.48. The zero-order chi connectivity index (χ0) is 15.1. The Balaban J connectivity index is 2.74. The van der Waals surface area contributed by atoms with E-state index in [1.54, 1.807) is 32.9 Å². The lowest BCUT2D eigenvalue weighted by atomic mass is 10.1. The Hall–Kier alpha value is -2.01. The molecular formula is C15H16O4S. The summed E-state index contributed by atoms with van der Waals surface area (Å²) in [5.41, 5.74) is 1.97. The van der Waals surface area contributed by atoms with E-state index in [-0.39, 0.29) is 21.3 Å². The minimum absolute atomic E-state index is 0.165. The van der Waals surface area contributed by atoms with Crippen LogP contribution in [0.15, 0.2) is 40.1 Å². The lowest BCUT2D eigenvalue weighted by Crippen LogP contribution is -2.05. The van der Waals surface area contributed by atoms with Crippen molar-refractivity contribution in [3.05, 3.63) is 47.0 Å². The van der Waals surface area contributed by atoms with Gasteiger partial charge in [-0.05, 0) is 55.7 Å². The standard InChI is InChI=1S/C15H16O4S/c1-9-4-5-14(12(16)7-9)20(18,19)15-11(3)6-10(2)8-13(15)17/h4-8,16-17H,1-3H3. The Morgan fingerprint density at radius 2 is 1.45 bits per heavy atom. The minimum atomic E-state index is -3.96. The summed E-state index contributed by atoms with van der Waals surface area (Å²) in [4.78, 5) is -0.368. The number of hydrogen-bond donors (Lipinski definition) is 2. The van der Waals surface area contributed by atoms with E-state index in [4.69, 9.17) is 0 Å². The Labute approximate surface area is 118 Å². The van der Waals surface area contributed by atoms with Gasteiger partial charge in [0.2, 0.25) is 9.84 Å². The molecule has 0 aliphatic carbocycles. The Morgan fingerprint density at radius 1 is 0.850 bits per heavy atom. The fourth-order valence-corrected chi connectivity index (χ4v) is 3.86. The average Bonchev–Trinajstić information content (AvgIpc) is 2.25. The van der Waals surface area contributed by atoms with E-state index in [2.05, 4.69) is 0 Å². The first-order valence-corrected chi connectivity index (χ1v) is 7.56. The number of aryl methyl sites for hydroxylation is 3. The van der Waals surface area contributed by atoms with E-state index in [0.29, 0.717) is 5.56 Å². The molecule has 0 unspecified atom stereocenters. The van der Waals surface area contributed by atoms with E-state index in [1.807, 2.05) is 0 Å². The van der Waals surface area contributed by atoms with Crippen LogP contribution in [0, 0.1) is 20.8 Å². The second-order valence-electron chi connectivity index (χ2n) is 4.90. The van der Waals surface area contributed by atoms with Gasteiger partial charge in [0.15, 0.2) is 0 Å². The lowest BCUT2D eigenvalue weighted by molar-refractivity contribution is 0.452. The van der Waals surface area contributed by atoms with Crippen molar-refractivity contribution >= 4 is 9.84 Å². The molecule has 5 heteroatoms. The molecular weight excluding hydrogens is 276 g/mol. The van der Waals surface area contributed by atoms with E-state index in [1.165, 1.54) is 18.2 Å². The summed E-state index contributed by atoms with van der Waals surface area (Å²) < 4.78 is 25.2. The molecule has 2 aromatic carbocycles. The van der Waals surface area contributed by atoms with Gasteiger partial charge in [-0.2, -0.15) is 0 Å². The molecule has 0 amide bonds. The SMILES string of the molecule is Cc1ccc(S(=O)(=O)c2c(C)cc(C)cc2O)c(O)c1. The van der Waals surface area contributed by atoms with E-state index >= 15 is 0 Å². The van der Waals surface area contributed by atoms with Gasteiger partial charge in [-0.25, -0.2) is 8.42 Å². The first-order valence-electron chi connectivity index (χ1n) is 6.08. The average molecular weight is 292 g/mol. The molecule has 0 bridgehead atoms. The van der Waals surface area contributed by atoms with Crippen LogP contribution in [-0.2, 0) is 9.84 Å². The number of aromatic hydroxyl groups is 2. The molecule has 2 rings (SSSR count). The fraction of sp³-hybridized carbons (Fsp3) is 0.200. The molecule has 0 aliphatic heterocycles. The van der Waals surface area contributed by atoms with Gasteiger partial charge in [0.05, 0.1) is 0 Å². The summed E-state index contributed by atoms with van der Waals surface area (Å²) in [5, 5.41) is 19.8. The molecule has 0 fully saturated rings. The van der Waals surface area contributed by atoms with Crippen LogP contribution >= 0.6 is 0 Å². The molecule has 0 saturated heterocycles. The van der Waals surface area contributed by atoms with Crippen molar-refractivity contribution in [3.8, 4) is 11.5 Å². The number of phenols is 2. The van der Waals surface area contributed by atoms with Crippen molar-refractivity contribution in [2.75, 3.05) is 0 Å². The molecule has 0 spiro atoms. The maximum absolute atomic E-state index is 12.6. The number of sulfone groups is 1. The molecule has 0 aliphatic rings. The predicted octanol–water partition coefficient (Wildman–Crippen LogP) is 2.86. The van der Waals surface area contributed by atoms with Crippen LogP contribution in [0.5, 0.6) is 11.5 Å². The van der Waals surface area contributed by atoms with Gasteiger partial charge in [0.25, 0.3) is 0 Å². The van der Waals surface area contributed by atoms with E-state index in [9.17, 15) is 18.6 Å². The highest BCUT2D eigenvalue weighted by atomic mass is 32.2. The van der Waals surface area contributed by atoms with Gasteiger partial charge < -0.3 is 10.2 Å². The summed E-state index contributed by atoms with van der Waals surface area (Å²) in [5.74, 6) is -0.619. The van der Waals surface area contributed by atoms with E-state index in [0.717, 1.165) is 11.1 Å². The molecule has 0 heterocycles. The first-order chi connectivity index (χ1) is 9.23. The smallest absolute Gasteiger partial charge is 0.214 e. The second kappa shape index (κ2) is 4.83. The Morgan fingerprint density at radius 3 is 2.00 bits per heavy atom. The normalized spacial score (nSPS) is 11.6. The predicted molar refractivity (Wildman–Crippen MR) is 75.9 cm³/mol. The van der Waals surface area contributed by atoms with E-state index < -0.39 is 9.84 Å². The summed E-state index contributed by atoms with van der Waals surface area (Å²) in [6, 6.07) is 7.41. The third-order valence-corrected chi connectivity index (χ3v) is 5.06. The van der Waals surface area contributed by atoms with Crippen LogP contribution in [-0.4, -0.2) is 18.6 Å². The van der Waals surface area contributed by atoms with Gasteiger partial charge in [-0.15, -0.1) is 0 Å². The van der Waals surface area contributed by atoms with Crippen LogP contribution < -0.4 is 0 Å². The number of hydrogen-bond acceptors (Lipinski definition) is 4. The number of benzene rings is 2. The van der Waals surface area contributed by atoms with Crippen molar-refractivity contribution in [1.82, 2.24) is 0 Å². The molecule has 4 nitrogen and oxygen atoms in total. The van der Waals surface area contributed by atoms with Crippen LogP contribution in [0.4, 0.5) is 0 Å². The molecule has 0 atom stereocenters. The third kappa shape index (κ3) is 2.36. The lowest BCUT2D eigenvalue weighted by Gasteiger charge is -2.12. The fourth-order valence-electron chi connectivity index (χ4n) is 2.25. The van der Waals surface area contributed by atoms with Crippen LogP contribution in [0.1, 0.15) is 16.7 Å². The highest BCUT2D eigenvalue weighted by Gasteiger charge is 2.26. The van der Waals surface area contributed by atoms with Gasteiger partial charge in [0.1, 0.15) is 21.3 Å². The molecule has 0 radical (unpaired) electrons. The number of rotatable bonds is 2. The molecule has 20 heavy (non-hydrogen) atoms. The monoisotopic (exact) mass is 292 g/mol. The van der Waals surface area contributed by atoms with Gasteiger partial charge in [-0.3, -0.25) is 0 Å². The highest BCUT2D eigenvalue weighted by molar-refractivity contribution is 7.91. The second-order valence-corrected chi connectivity index (χ2v) is 6.76. The quantitative estimate of drug-likeness (QED) is 0.892. The summed E-state index contributed by atoms with van der Waals surface area (Å²) in [6.07, 6.45) is 0. The van der Waals surface area contributed by atoms with Crippen LogP contribution in [0.3, 0.4) is 0 Å². The van der Waals surface area contributed by atoms with Gasteiger partial charge in [0, 0.05) is 0 Å². The largest absolute Gasteiger partial charge is 0.507 e. The molecule has 0 aromatic heterocycles. The summed E-state index contributed by atoms with van der Waals surface area (Å²) in [6.45, 7) is 5.14. The molecule has 0 saturated carbocycles. The zero-order valence-corrected chi connectivity index (χ0v) is 12.3. The van der Waals surface area contributed by atoms with Gasteiger partial charge >= 0.3 is 0 Å². The molecule has 106 valence electrons. The van der Waals surface area contributed by atoms with Crippen molar-refractivity contribution in [2.24, 2.45) is 0 Å². The first kappa shape index (κ1) is 14.4. The van der Waals surface area contributed by atoms with Crippen molar-refractivity contribution < 1.29 is 18.6 Å². The highest BCUT2D eigenvalue weighted by Crippen LogP contribution is 2.36. The zero-order valence-electron chi connectivity index (χ0n) is 11.5. The summed E-state index contributed by atoms with van der Waals surface area (Å²) in [7, 11) is -3.96. The van der Waals surface area contributed by atoms with Crippen LogP contribution in [0.25, 0.3) is 0 Å². The maximum Gasteiger partial charge on any atom is 0.214 e. The minimum Gasteiger partial charge on any atom is -0.507 e. The topological polar surface area (TPSA) is 74.6 Å². The third-order valence-electron chi connectivity index (χ3n) is 3.07. The Bertz CT molecular complexity index is 753. The molecule has 2 N–H and O–H groups in total. The van der Waals surface area contributed by atoms with Crippen LogP contribution in [0.2, 0.25) is 0 Å². The number of phenolic OH excluding ortho intramolecular Hbond substituents is 2. The van der Waals surface area contributed by atoms with Crippen molar-refractivity contribution in [3.63, 3.8) is 0 Å². The maximum atomic E-state index is 12.6.